The van der Waals surface area contributed by atoms with Crippen LogP contribution in [-0.2, 0) is 4.79 Å². The predicted octanol–water partition coefficient (Wildman–Crippen LogP) is 2.22. The number of carbonyl (C=O) groups excluding carboxylic acids is 1. The Balaban J connectivity index is 2.32. The smallest absolute Gasteiger partial charge is 0.244 e. The highest BCUT2D eigenvalue weighted by atomic mass is 16.3. The molecule has 1 unspecified atom stereocenters. The lowest BCUT2D eigenvalue weighted by molar-refractivity contribution is -0.116. The molecule has 0 spiro atoms. The summed E-state index contributed by atoms with van der Waals surface area (Å²) in [6.45, 7) is 4.39. The summed E-state index contributed by atoms with van der Waals surface area (Å²) >= 11 is 0. The van der Waals surface area contributed by atoms with Gasteiger partial charge in [0.25, 0.3) is 0 Å². The first kappa shape index (κ1) is 14.5. The SMILES string of the molecule is CC(C)CC(O)CNC(=O)/C=C/c1ccccc1. The van der Waals surface area contributed by atoms with Gasteiger partial charge in [0, 0.05) is 12.6 Å². The van der Waals surface area contributed by atoms with Crippen LogP contribution in [0.4, 0.5) is 0 Å². The molecule has 0 bridgehead atoms. The molecule has 98 valence electrons. The van der Waals surface area contributed by atoms with Gasteiger partial charge in [-0.3, -0.25) is 4.79 Å². The van der Waals surface area contributed by atoms with Gasteiger partial charge in [-0.15, -0.1) is 0 Å². The Morgan fingerprint density at radius 1 is 1.33 bits per heavy atom. The van der Waals surface area contributed by atoms with E-state index in [2.05, 4.69) is 5.32 Å². The minimum Gasteiger partial charge on any atom is -0.391 e. The molecule has 18 heavy (non-hydrogen) atoms. The molecule has 1 atom stereocenters. The van der Waals surface area contributed by atoms with Crippen LogP contribution in [-0.4, -0.2) is 23.7 Å². The third kappa shape index (κ3) is 6.21. The third-order valence-electron chi connectivity index (χ3n) is 2.48. The van der Waals surface area contributed by atoms with Gasteiger partial charge < -0.3 is 10.4 Å². The van der Waals surface area contributed by atoms with Crippen molar-refractivity contribution < 1.29 is 9.90 Å². The summed E-state index contributed by atoms with van der Waals surface area (Å²) in [7, 11) is 0. The van der Waals surface area contributed by atoms with Gasteiger partial charge in [0.2, 0.25) is 5.91 Å². The van der Waals surface area contributed by atoms with Crippen molar-refractivity contribution in [3.05, 3.63) is 42.0 Å². The number of aliphatic hydroxyl groups is 1. The van der Waals surface area contributed by atoms with E-state index in [4.69, 9.17) is 0 Å². The van der Waals surface area contributed by atoms with Crippen molar-refractivity contribution in [2.24, 2.45) is 5.92 Å². The van der Waals surface area contributed by atoms with E-state index in [-0.39, 0.29) is 5.91 Å². The number of rotatable bonds is 6. The average Bonchev–Trinajstić information content (AvgIpc) is 2.34. The summed E-state index contributed by atoms with van der Waals surface area (Å²) in [5.41, 5.74) is 0.982. The number of amides is 1. The first-order chi connectivity index (χ1) is 8.58. The summed E-state index contributed by atoms with van der Waals surface area (Å²) in [5, 5.41) is 12.3. The maximum absolute atomic E-state index is 11.5. The zero-order valence-corrected chi connectivity index (χ0v) is 11.0. The van der Waals surface area contributed by atoms with Gasteiger partial charge in [-0.25, -0.2) is 0 Å². The second-order valence-corrected chi connectivity index (χ2v) is 4.77. The van der Waals surface area contributed by atoms with Crippen molar-refractivity contribution in [3.63, 3.8) is 0 Å². The second kappa shape index (κ2) is 7.67. The molecular formula is C15H21NO2. The maximum Gasteiger partial charge on any atom is 0.244 e. The maximum atomic E-state index is 11.5. The van der Waals surface area contributed by atoms with Crippen molar-refractivity contribution in [3.8, 4) is 0 Å². The van der Waals surface area contributed by atoms with Crippen LogP contribution in [0.1, 0.15) is 25.8 Å². The number of aliphatic hydroxyl groups excluding tert-OH is 1. The Hall–Kier alpha value is -1.61. The molecule has 0 heterocycles. The molecule has 2 N–H and O–H groups in total. The van der Waals surface area contributed by atoms with Crippen molar-refractivity contribution in [2.75, 3.05) is 6.54 Å². The monoisotopic (exact) mass is 247 g/mol. The number of nitrogens with one attached hydrogen (secondary N) is 1. The number of carbonyl (C=O) groups is 1. The summed E-state index contributed by atoms with van der Waals surface area (Å²) in [5.74, 6) is 0.249. The van der Waals surface area contributed by atoms with Crippen molar-refractivity contribution in [2.45, 2.75) is 26.4 Å². The van der Waals surface area contributed by atoms with E-state index in [1.54, 1.807) is 6.08 Å². The van der Waals surface area contributed by atoms with Crippen LogP contribution < -0.4 is 5.32 Å². The summed E-state index contributed by atoms with van der Waals surface area (Å²) in [6.07, 6.45) is 3.46. The van der Waals surface area contributed by atoms with Crippen LogP contribution >= 0.6 is 0 Å². The fourth-order valence-electron chi connectivity index (χ4n) is 1.64. The van der Waals surface area contributed by atoms with Crippen LogP contribution in [0, 0.1) is 5.92 Å². The zero-order chi connectivity index (χ0) is 13.4. The van der Waals surface area contributed by atoms with Gasteiger partial charge in [0.1, 0.15) is 0 Å². The minimum absolute atomic E-state index is 0.179. The summed E-state index contributed by atoms with van der Waals surface area (Å²) in [4.78, 5) is 11.5. The van der Waals surface area contributed by atoms with Gasteiger partial charge in [0.15, 0.2) is 0 Å². The van der Waals surface area contributed by atoms with Gasteiger partial charge >= 0.3 is 0 Å². The fraction of sp³-hybridized carbons (Fsp3) is 0.400. The highest BCUT2D eigenvalue weighted by Gasteiger charge is 2.07. The van der Waals surface area contributed by atoms with Crippen LogP contribution in [0.5, 0.6) is 0 Å². The van der Waals surface area contributed by atoms with Gasteiger partial charge in [-0.1, -0.05) is 44.2 Å². The normalized spacial score (nSPS) is 12.9. The quantitative estimate of drug-likeness (QED) is 0.757. The molecule has 1 rings (SSSR count). The zero-order valence-electron chi connectivity index (χ0n) is 11.0. The lowest BCUT2D eigenvalue weighted by atomic mass is 10.1. The Bertz CT molecular complexity index is 385. The lowest BCUT2D eigenvalue weighted by Crippen LogP contribution is -2.31. The number of benzene rings is 1. The lowest BCUT2D eigenvalue weighted by Gasteiger charge is -2.12. The molecule has 1 aromatic carbocycles. The highest BCUT2D eigenvalue weighted by Crippen LogP contribution is 2.03. The minimum atomic E-state index is -0.473. The average molecular weight is 247 g/mol. The predicted molar refractivity (Wildman–Crippen MR) is 73.9 cm³/mol. The summed E-state index contributed by atoms with van der Waals surface area (Å²) < 4.78 is 0. The van der Waals surface area contributed by atoms with E-state index in [9.17, 15) is 9.90 Å². The molecule has 1 amide bonds. The van der Waals surface area contributed by atoms with Gasteiger partial charge in [-0.2, -0.15) is 0 Å². The number of hydrogen-bond acceptors (Lipinski definition) is 2. The highest BCUT2D eigenvalue weighted by molar-refractivity contribution is 5.91. The van der Waals surface area contributed by atoms with Gasteiger partial charge in [-0.05, 0) is 24.0 Å². The van der Waals surface area contributed by atoms with Gasteiger partial charge in [0.05, 0.1) is 6.10 Å². The molecule has 0 radical (unpaired) electrons. The largest absolute Gasteiger partial charge is 0.391 e. The molecule has 0 aliphatic rings. The topological polar surface area (TPSA) is 49.3 Å². The molecule has 0 aromatic heterocycles. The van der Waals surface area contributed by atoms with E-state index in [1.165, 1.54) is 6.08 Å². The van der Waals surface area contributed by atoms with Crippen LogP contribution in [0.25, 0.3) is 6.08 Å². The van der Waals surface area contributed by atoms with E-state index in [0.717, 1.165) is 5.56 Å². The molecule has 1 aromatic rings. The number of hydrogen-bond donors (Lipinski definition) is 2. The van der Waals surface area contributed by atoms with Crippen LogP contribution in [0.15, 0.2) is 36.4 Å². The molecule has 0 saturated heterocycles. The van der Waals surface area contributed by atoms with E-state index >= 15 is 0 Å². The van der Waals surface area contributed by atoms with Crippen molar-refractivity contribution in [1.29, 1.82) is 0 Å². The Kier molecular flexibility index (Phi) is 6.15. The summed E-state index contributed by atoms with van der Waals surface area (Å²) in [6, 6.07) is 9.63. The standard InChI is InChI=1S/C15H21NO2/c1-12(2)10-14(17)11-16-15(18)9-8-13-6-4-3-5-7-13/h3-9,12,14,17H,10-11H2,1-2H3,(H,16,18)/b9-8+. The molecule has 0 saturated carbocycles. The second-order valence-electron chi connectivity index (χ2n) is 4.77. The Morgan fingerprint density at radius 2 is 2.00 bits per heavy atom. The van der Waals surface area contributed by atoms with E-state index in [0.29, 0.717) is 18.9 Å². The molecule has 3 heteroatoms. The third-order valence-corrected chi connectivity index (χ3v) is 2.48. The molecule has 0 aliphatic heterocycles. The van der Waals surface area contributed by atoms with Crippen LogP contribution in [0.2, 0.25) is 0 Å². The van der Waals surface area contributed by atoms with Crippen molar-refractivity contribution >= 4 is 12.0 Å². The molecule has 0 fully saturated rings. The Labute approximate surface area is 109 Å². The van der Waals surface area contributed by atoms with Crippen LogP contribution in [0.3, 0.4) is 0 Å². The molecule has 0 aliphatic carbocycles. The van der Waals surface area contributed by atoms with Crippen molar-refractivity contribution in [1.82, 2.24) is 5.32 Å². The first-order valence-electron chi connectivity index (χ1n) is 6.27. The Morgan fingerprint density at radius 3 is 2.61 bits per heavy atom. The van der Waals surface area contributed by atoms with E-state index < -0.39 is 6.10 Å². The fourth-order valence-corrected chi connectivity index (χ4v) is 1.64. The van der Waals surface area contributed by atoms with E-state index in [1.807, 2.05) is 44.2 Å². The molecule has 3 nitrogen and oxygen atoms in total. The molecular weight excluding hydrogens is 226 g/mol. The first-order valence-corrected chi connectivity index (χ1v) is 6.27.